The summed E-state index contributed by atoms with van der Waals surface area (Å²) < 4.78 is 17.6. The van der Waals surface area contributed by atoms with Gasteiger partial charge in [0, 0.05) is 11.1 Å². The average Bonchev–Trinajstić information content (AvgIpc) is 3.54. The number of nitrogens with zero attached hydrogens (tertiary/aromatic N) is 5. The molecule has 5 rings (SSSR count). The maximum absolute atomic E-state index is 5.40. The molecular weight excluding hydrogens is 416 g/mol. The van der Waals surface area contributed by atoms with Gasteiger partial charge >= 0.3 is 0 Å². The van der Waals surface area contributed by atoms with Gasteiger partial charge in [0.1, 0.15) is 5.75 Å². The molecule has 10 heteroatoms. The summed E-state index contributed by atoms with van der Waals surface area (Å²) in [5, 5.41) is 21.5. The largest absolute Gasteiger partial charge is 0.497 e. The van der Waals surface area contributed by atoms with Crippen LogP contribution in [-0.4, -0.2) is 51.3 Å². The molecule has 0 aliphatic rings. The minimum Gasteiger partial charge on any atom is -0.497 e. The Morgan fingerprint density at radius 3 is 2.35 bits per heavy atom. The van der Waals surface area contributed by atoms with Crippen LogP contribution in [0.15, 0.2) is 48.5 Å². The Balaban J connectivity index is 1.49. The monoisotopic (exact) mass is 434 g/mol. The molecule has 0 saturated carbocycles. The van der Waals surface area contributed by atoms with Crippen molar-refractivity contribution in [2.24, 2.45) is 0 Å². The van der Waals surface area contributed by atoms with Crippen molar-refractivity contribution < 1.29 is 14.2 Å². The molecule has 0 unspecified atom stereocenters. The van der Waals surface area contributed by atoms with Crippen LogP contribution in [0.2, 0.25) is 0 Å². The molecular formula is C21H18N6O3S. The minimum atomic E-state index is 0.616. The van der Waals surface area contributed by atoms with Crippen molar-refractivity contribution in [2.75, 3.05) is 21.3 Å². The number of aromatic nitrogens is 6. The van der Waals surface area contributed by atoms with Crippen molar-refractivity contribution in [2.45, 2.75) is 0 Å². The van der Waals surface area contributed by atoms with Gasteiger partial charge in [-0.05, 0) is 48.5 Å². The highest BCUT2D eigenvalue weighted by Crippen LogP contribution is 2.33. The first-order valence-electron chi connectivity index (χ1n) is 9.35. The van der Waals surface area contributed by atoms with E-state index in [1.807, 2.05) is 48.5 Å². The van der Waals surface area contributed by atoms with Gasteiger partial charge in [-0.1, -0.05) is 11.3 Å². The number of methoxy groups -OCH3 is 3. The normalized spacial score (nSPS) is 11.1. The number of aromatic amines is 1. The van der Waals surface area contributed by atoms with Gasteiger partial charge in [0.15, 0.2) is 22.3 Å². The first-order valence-corrected chi connectivity index (χ1v) is 10.2. The number of H-pyrrole nitrogens is 1. The molecule has 0 fully saturated rings. The highest BCUT2D eigenvalue weighted by molar-refractivity contribution is 7.19. The Morgan fingerprint density at radius 2 is 1.61 bits per heavy atom. The van der Waals surface area contributed by atoms with Gasteiger partial charge in [-0.15, -0.1) is 10.2 Å². The van der Waals surface area contributed by atoms with Crippen LogP contribution in [0.3, 0.4) is 0 Å². The van der Waals surface area contributed by atoms with Gasteiger partial charge in [0.2, 0.25) is 4.96 Å². The number of nitrogens with one attached hydrogen (secondary N) is 1. The van der Waals surface area contributed by atoms with Gasteiger partial charge in [-0.2, -0.15) is 14.7 Å². The van der Waals surface area contributed by atoms with E-state index < -0.39 is 0 Å². The quantitative estimate of drug-likeness (QED) is 0.432. The number of benzene rings is 2. The van der Waals surface area contributed by atoms with Crippen LogP contribution in [0.25, 0.3) is 38.3 Å². The zero-order valence-corrected chi connectivity index (χ0v) is 17.8. The van der Waals surface area contributed by atoms with E-state index >= 15 is 0 Å². The van der Waals surface area contributed by atoms with Crippen LogP contribution in [0.5, 0.6) is 17.2 Å². The third kappa shape index (κ3) is 3.36. The van der Waals surface area contributed by atoms with Gasteiger partial charge in [0.25, 0.3) is 0 Å². The molecule has 0 aliphatic heterocycles. The number of rotatable bonds is 6. The smallest absolute Gasteiger partial charge is 0.235 e. The predicted molar refractivity (Wildman–Crippen MR) is 117 cm³/mol. The Labute approximate surface area is 181 Å². The molecule has 0 aliphatic carbocycles. The van der Waals surface area contributed by atoms with E-state index in [4.69, 9.17) is 19.3 Å². The fraction of sp³-hybridized carbons (Fsp3) is 0.143. The molecule has 0 radical (unpaired) electrons. The maximum atomic E-state index is 5.40. The lowest BCUT2D eigenvalue weighted by atomic mass is 10.1. The van der Waals surface area contributed by atoms with Crippen molar-refractivity contribution >= 4 is 16.3 Å². The van der Waals surface area contributed by atoms with Crippen molar-refractivity contribution in [3.63, 3.8) is 0 Å². The fourth-order valence-electron chi connectivity index (χ4n) is 3.22. The topological polar surface area (TPSA) is 99.5 Å². The molecule has 9 nitrogen and oxygen atoms in total. The molecule has 5 aromatic rings. The second-order valence-corrected chi connectivity index (χ2v) is 7.55. The van der Waals surface area contributed by atoms with Gasteiger partial charge in [0.05, 0.1) is 32.7 Å². The average molecular weight is 434 g/mol. The summed E-state index contributed by atoms with van der Waals surface area (Å²) >= 11 is 1.43. The lowest BCUT2D eigenvalue weighted by molar-refractivity contribution is 0.355. The third-order valence-electron chi connectivity index (χ3n) is 4.83. The molecule has 3 heterocycles. The zero-order valence-electron chi connectivity index (χ0n) is 17.0. The van der Waals surface area contributed by atoms with E-state index in [2.05, 4.69) is 20.4 Å². The summed E-state index contributed by atoms with van der Waals surface area (Å²) in [5.41, 5.74) is 3.44. The Kier molecular flexibility index (Phi) is 4.75. The summed E-state index contributed by atoms with van der Waals surface area (Å²) in [6.07, 6.45) is 0. The summed E-state index contributed by atoms with van der Waals surface area (Å²) in [5.74, 6) is 2.68. The first-order chi connectivity index (χ1) is 15.2. The van der Waals surface area contributed by atoms with Gasteiger partial charge < -0.3 is 14.2 Å². The van der Waals surface area contributed by atoms with E-state index in [9.17, 15) is 0 Å². The number of hydrogen-bond donors (Lipinski definition) is 1. The van der Waals surface area contributed by atoms with E-state index in [-0.39, 0.29) is 0 Å². The lowest BCUT2D eigenvalue weighted by Crippen LogP contribution is -1.94. The molecule has 0 spiro atoms. The Bertz CT molecular complexity index is 1360. The summed E-state index contributed by atoms with van der Waals surface area (Å²) in [7, 11) is 4.84. The molecule has 2 aromatic carbocycles. The third-order valence-corrected chi connectivity index (χ3v) is 5.76. The molecule has 0 atom stereocenters. The van der Waals surface area contributed by atoms with Crippen LogP contribution in [0.1, 0.15) is 0 Å². The summed E-state index contributed by atoms with van der Waals surface area (Å²) in [6, 6.07) is 15.3. The first kappa shape index (κ1) is 19.1. The van der Waals surface area contributed by atoms with Crippen LogP contribution in [0.4, 0.5) is 0 Å². The second-order valence-electron chi connectivity index (χ2n) is 6.59. The van der Waals surface area contributed by atoms with E-state index in [0.717, 1.165) is 33.3 Å². The second kappa shape index (κ2) is 7.73. The molecule has 1 N–H and O–H groups in total. The Hall–Kier alpha value is -3.92. The van der Waals surface area contributed by atoms with Crippen LogP contribution in [-0.2, 0) is 0 Å². The minimum absolute atomic E-state index is 0.616. The van der Waals surface area contributed by atoms with Gasteiger partial charge in [-0.25, -0.2) is 0 Å². The number of hydrogen-bond acceptors (Lipinski definition) is 8. The van der Waals surface area contributed by atoms with Crippen molar-refractivity contribution in [1.82, 2.24) is 30.0 Å². The zero-order chi connectivity index (χ0) is 21.4. The number of fused-ring (bicyclic) bond motifs is 1. The van der Waals surface area contributed by atoms with Crippen LogP contribution < -0.4 is 14.2 Å². The summed E-state index contributed by atoms with van der Waals surface area (Å²) in [6.45, 7) is 0. The van der Waals surface area contributed by atoms with Crippen LogP contribution in [0, 0.1) is 0 Å². The fourth-order valence-corrected chi connectivity index (χ4v) is 4.03. The van der Waals surface area contributed by atoms with E-state index in [1.165, 1.54) is 11.3 Å². The van der Waals surface area contributed by atoms with Gasteiger partial charge in [-0.3, -0.25) is 5.10 Å². The molecule has 0 amide bonds. The highest BCUT2D eigenvalue weighted by Gasteiger charge is 2.17. The van der Waals surface area contributed by atoms with Crippen molar-refractivity contribution in [1.29, 1.82) is 0 Å². The van der Waals surface area contributed by atoms with E-state index in [0.29, 0.717) is 22.3 Å². The van der Waals surface area contributed by atoms with E-state index in [1.54, 1.807) is 25.8 Å². The molecule has 0 bridgehead atoms. The van der Waals surface area contributed by atoms with Crippen LogP contribution >= 0.6 is 11.3 Å². The molecule has 156 valence electrons. The summed E-state index contributed by atoms with van der Waals surface area (Å²) in [4.78, 5) is 0.681. The van der Waals surface area contributed by atoms with Crippen molar-refractivity contribution in [3.05, 3.63) is 48.5 Å². The molecule has 31 heavy (non-hydrogen) atoms. The maximum Gasteiger partial charge on any atom is 0.235 e. The Morgan fingerprint density at radius 1 is 0.839 bits per heavy atom. The predicted octanol–water partition coefficient (Wildman–Crippen LogP) is 3.94. The lowest BCUT2D eigenvalue weighted by Gasteiger charge is -2.08. The molecule has 0 saturated heterocycles. The standard InChI is InChI=1S/C21H18N6O3S/c1-28-14-7-4-12(5-8-14)15-11-16(23-22-15)20-26-27-19(24-25-21(27)31-20)13-6-9-17(29-2)18(10-13)30-3/h4-11H,1-3H3,(H,22,23). The SMILES string of the molecule is COc1ccc(-c2cc(-c3nn4c(-c5ccc(OC)c(OC)c5)nnc4s3)[nH]n2)cc1. The highest BCUT2D eigenvalue weighted by atomic mass is 32.1. The number of ether oxygens (including phenoxy) is 3. The van der Waals surface area contributed by atoms with Crippen molar-refractivity contribution in [3.8, 4) is 50.6 Å². The molecule has 3 aromatic heterocycles.